The van der Waals surface area contributed by atoms with Gasteiger partial charge in [0.1, 0.15) is 0 Å². The van der Waals surface area contributed by atoms with Crippen molar-refractivity contribution in [3.05, 3.63) is 32.8 Å². The Bertz CT molecular complexity index is 451. The Balaban J connectivity index is 2.78. The van der Waals surface area contributed by atoms with E-state index in [0.29, 0.717) is 26.4 Å². The number of hydrogen-bond donors (Lipinski definition) is 0. The van der Waals surface area contributed by atoms with Crippen LogP contribution in [0.3, 0.4) is 0 Å². The fourth-order valence-corrected chi connectivity index (χ4v) is 1.85. The Kier molecular flexibility index (Phi) is 5.51. The van der Waals surface area contributed by atoms with Gasteiger partial charge in [0.05, 0.1) is 20.8 Å². The fraction of sp³-hybridized carbons (Fsp3) is 0.182. The van der Waals surface area contributed by atoms with E-state index in [2.05, 4.69) is 11.8 Å². The molecule has 16 heavy (non-hydrogen) atoms. The van der Waals surface area contributed by atoms with Gasteiger partial charge in [-0.2, -0.15) is 0 Å². The van der Waals surface area contributed by atoms with Crippen LogP contribution >= 0.6 is 46.6 Å². The highest BCUT2D eigenvalue weighted by Gasteiger charge is 2.04. The van der Waals surface area contributed by atoms with E-state index in [1.54, 1.807) is 12.1 Å². The molecule has 0 bridgehead atoms. The monoisotopic (exact) mass is 292 g/mol. The number of hydrogen-bond acceptors (Lipinski definition) is 2. The molecule has 0 radical (unpaired) electrons. The third kappa shape index (κ3) is 4.27. The Labute approximate surface area is 113 Å². The van der Waals surface area contributed by atoms with Crippen molar-refractivity contribution in [1.29, 1.82) is 0 Å². The highest BCUT2D eigenvalue weighted by Crippen LogP contribution is 2.30. The molecule has 0 fully saturated rings. The average molecular weight is 294 g/mol. The first-order valence-electron chi connectivity index (χ1n) is 4.27. The van der Waals surface area contributed by atoms with E-state index in [1.165, 1.54) is 6.92 Å². The molecule has 0 aliphatic carbocycles. The number of carbonyl (C=O) groups is 1. The van der Waals surface area contributed by atoms with Crippen LogP contribution in [0.4, 0.5) is 0 Å². The highest BCUT2D eigenvalue weighted by atomic mass is 35.5. The molecule has 1 rings (SSSR count). The first-order valence-corrected chi connectivity index (χ1v) is 6.39. The van der Waals surface area contributed by atoms with Crippen molar-refractivity contribution >= 4 is 51.7 Å². The SMILES string of the molecule is CC(=O)SCC#Cc1cc(Cl)c(Cl)c(Cl)c1. The fourth-order valence-electron chi connectivity index (χ4n) is 0.904. The van der Waals surface area contributed by atoms with Crippen molar-refractivity contribution in [1.82, 2.24) is 0 Å². The van der Waals surface area contributed by atoms with Crippen molar-refractivity contribution in [2.24, 2.45) is 0 Å². The maximum Gasteiger partial charge on any atom is 0.186 e. The van der Waals surface area contributed by atoms with E-state index < -0.39 is 0 Å². The zero-order valence-corrected chi connectivity index (χ0v) is 11.4. The second-order valence-corrected chi connectivity index (χ2v) is 5.18. The summed E-state index contributed by atoms with van der Waals surface area (Å²) in [6, 6.07) is 3.28. The van der Waals surface area contributed by atoms with Crippen LogP contribution in [0, 0.1) is 11.8 Å². The summed E-state index contributed by atoms with van der Waals surface area (Å²) in [5.41, 5.74) is 0.684. The first kappa shape index (κ1) is 13.7. The van der Waals surface area contributed by atoms with Crippen molar-refractivity contribution < 1.29 is 4.79 Å². The molecular weight excluding hydrogens is 287 g/mol. The summed E-state index contributed by atoms with van der Waals surface area (Å²) in [4.78, 5) is 10.6. The summed E-state index contributed by atoms with van der Waals surface area (Å²) in [5.74, 6) is 6.15. The molecule has 1 nitrogen and oxygen atoms in total. The van der Waals surface area contributed by atoms with Crippen molar-refractivity contribution in [3.63, 3.8) is 0 Å². The molecule has 84 valence electrons. The average Bonchev–Trinajstić information content (AvgIpc) is 2.20. The first-order chi connectivity index (χ1) is 7.50. The Hall–Kier alpha value is -0.330. The summed E-state index contributed by atoms with van der Waals surface area (Å²) in [5, 5.41) is 1.11. The molecule has 1 aromatic rings. The molecule has 0 N–H and O–H groups in total. The molecule has 0 saturated heterocycles. The van der Waals surface area contributed by atoms with Crippen LogP contribution in [0.2, 0.25) is 15.1 Å². The van der Waals surface area contributed by atoms with E-state index in [0.717, 1.165) is 11.8 Å². The van der Waals surface area contributed by atoms with E-state index in [1.807, 2.05) is 0 Å². The Morgan fingerprint density at radius 1 is 1.31 bits per heavy atom. The van der Waals surface area contributed by atoms with E-state index >= 15 is 0 Å². The van der Waals surface area contributed by atoms with Crippen LogP contribution in [-0.2, 0) is 4.79 Å². The zero-order chi connectivity index (χ0) is 12.1. The molecule has 0 spiro atoms. The Morgan fingerprint density at radius 2 is 1.88 bits per heavy atom. The molecule has 0 aliphatic heterocycles. The molecule has 0 aliphatic rings. The number of halogens is 3. The van der Waals surface area contributed by atoms with Gasteiger partial charge >= 0.3 is 0 Å². The third-order valence-corrected chi connectivity index (χ3v) is 3.46. The van der Waals surface area contributed by atoms with E-state index in [4.69, 9.17) is 34.8 Å². The van der Waals surface area contributed by atoms with Gasteiger partial charge in [0, 0.05) is 12.5 Å². The maximum atomic E-state index is 10.6. The normalized spacial score (nSPS) is 9.50. The highest BCUT2D eigenvalue weighted by molar-refractivity contribution is 8.13. The van der Waals surface area contributed by atoms with Gasteiger partial charge in [-0.25, -0.2) is 0 Å². The van der Waals surface area contributed by atoms with Crippen molar-refractivity contribution in [2.45, 2.75) is 6.92 Å². The number of benzene rings is 1. The predicted octanol–water partition coefficient (Wildman–Crippen LogP) is 4.28. The molecule has 1 aromatic carbocycles. The van der Waals surface area contributed by atoms with Crippen molar-refractivity contribution in [2.75, 3.05) is 5.75 Å². The molecule has 0 heterocycles. The molecule has 0 atom stereocenters. The van der Waals surface area contributed by atoms with Gasteiger partial charge in [0.15, 0.2) is 5.12 Å². The van der Waals surface area contributed by atoms with Gasteiger partial charge in [-0.15, -0.1) is 0 Å². The molecular formula is C11H7Cl3OS. The van der Waals surface area contributed by atoms with Gasteiger partial charge < -0.3 is 0 Å². The van der Waals surface area contributed by atoms with E-state index in [9.17, 15) is 4.79 Å². The summed E-state index contributed by atoms with van der Waals surface area (Å²) >= 11 is 18.6. The molecule has 0 saturated carbocycles. The smallest absolute Gasteiger partial charge is 0.186 e. The van der Waals surface area contributed by atoms with E-state index in [-0.39, 0.29) is 5.12 Å². The third-order valence-electron chi connectivity index (χ3n) is 1.56. The standard InChI is InChI=1S/C11H7Cl3OS/c1-7(15)16-4-2-3-8-5-9(12)11(14)10(13)6-8/h5-6H,4H2,1H3. The lowest BCUT2D eigenvalue weighted by atomic mass is 10.2. The van der Waals surface area contributed by atoms with Gasteiger partial charge in [-0.05, 0) is 12.1 Å². The largest absolute Gasteiger partial charge is 0.288 e. The van der Waals surface area contributed by atoms with Crippen LogP contribution in [0.25, 0.3) is 0 Å². The lowest BCUT2D eigenvalue weighted by molar-refractivity contribution is -0.109. The zero-order valence-electron chi connectivity index (χ0n) is 8.31. The number of thioether (sulfide) groups is 1. The molecule has 0 aromatic heterocycles. The molecule has 0 amide bonds. The van der Waals surface area contributed by atoms with Crippen molar-refractivity contribution in [3.8, 4) is 11.8 Å². The topological polar surface area (TPSA) is 17.1 Å². The van der Waals surface area contributed by atoms with Crippen LogP contribution in [0.1, 0.15) is 12.5 Å². The van der Waals surface area contributed by atoms with Crippen LogP contribution in [0.5, 0.6) is 0 Å². The number of carbonyl (C=O) groups excluding carboxylic acids is 1. The quantitative estimate of drug-likeness (QED) is 0.568. The van der Waals surface area contributed by atoms with Crippen LogP contribution in [-0.4, -0.2) is 10.9 Å². The Morgan fingerprint density at radius 3 is 2.38 bits per heavy atom. The predicted molar refractivity (Wildman–Crippen MR) is 71.5 cm³/mol. The molecule has 5 heteroatoms. The second-order valence-electron chi connectivity index (χ2n) is 2.84. The second kappa shape index (κ2) is 6.42. The minimum absolute atomic E-state index is 0.0430. The maximum absolute atomic E-state index is 10.6. The van der Waals surface area contributed by atoms with Gasteiger partial charge in [0.2, 0.25) is 0 Å². The van der Waals surface area contributed by atoms with Gasteiger partial charge in [-0.3, -0.25) is 4.79 Å². The number of rotatable bonds is 1. The van der Waals surface area contributed by atoms with Crippen LogP contribution < -0.4 is 0 Å². The minimum atomic E-state index is 0.0430. The summed E-state index contributed by atoms with van der Waals surface area (Å²) < 4.78 is 0. The summed E-state index contributed by atoms with van der Waals surface area (Å²) in [6.07, 6.45) is 0. The van der Waals surface area contributed by atoms with Crippen LogP contribution in [0.15, 0.2) is 12.1 Å². The minimum Gasteiger partial charge on any atom is -0.288 e. The molecule has 0 unspecified atom stereocenters. The lowest BCUT2D eigenvalue weighted by Crippen LogP contribution is -1.83. The summed E-state index contributed by atoms with van der Waals surface area (Å²) in [7, 11) is 0. The lowest BCUT2D eigenvalue weighted by Gasteiger charge is -1.99. The summed E-state index contributed by atoms with van der Waals surface area (Å²) in [6.45, 7) is 1.50. The van der Waals surface area contributed by atoms with Gasteiger partial charge in [0.25, 0.3) is 0 Å². The van der Waals surface area contributed by atoms with Gasteiger partial charge in [-0.1, -0.05) is 58.4 Å².